The van der Waals surface area contributed by atoms with Crippen LogP contribution >= 0.6 is 0 Å². The number of hydrogen-bond donors (Lipinski definition) is 0. The molecule has 5 nitrogen and oxygen atoms in total. The Labute approximate surface area is 138 Å². The van der Waals surface area contributed by atoms with Crippen molar-refractivity contribution < 1.29 is 13.2 Å². The molecule has 0 radical (unpaired) electrons. The second kappa shape index (κ2) is 7.75. The predicted molar refractivity (Wildman–Crippen MR) is 92.7 cm³/mol. The van der Waals surface area contributed by atoms with Gasteiger partial charge in [0.25, 0.3) is 0 Å². The molecule has 0 bridgehead atoms. The molecule has 126 valence electrons. The first-order valence-electron chi connectivity index (χ1n) is 7.94. The molecular formula is C17H24N2O3S. The van der Waals surface area contributed by atoms with Gasteiger partial charge < -0.3 is 4.90 Å². The van der Waals surface area contributed by atoms with E-state index in [1.54, 1.807) is 17.9 Å². The Hall–Kier alpha value is -1.66. The van der Waals surface area contributed by atoms with E-state index in [-0.39, 0.29) is 17.6 Å². The Bertz CT molecular complexity index is 635. The minimum atomic E-state index is -3.16. The summed E-state index contributed by atoms with van der Waals surface area (Å²) in [6, 6.07) is 9.51. The van der Waals surface area contributed by atoms with E-state index in [0.29, 0.717) is 32.5 Å². The largest absolute Gasteiger partial charge is 0.308 e. The van der Waals surface area contributed by atoms with E-state index >= 15 is 0 Å². The zero-order valence-corrected chi connectivity index (χ0v) is 14.3. The number of carbonyl (C=O) groups excluding carboxylic acids is 1. The lowest BCUT2D eigenvalue weighted by Crippen LogP contribution is -2.45. The number of benzene rings is 1. The Morgan fingerprint density at radius 2 is 1.91 bits per heavy atom. The highest BCUT2D eigenvalue weighted by molar-refractivity contribution is 7.89. The first kappa shape index (κ1) is 17.7. The maximum Gasteiger partial charge on any atom is 0.230 e. The molecule has 0 unspecified atom stereocenters. The minimum absolute atomic E-state index is 0.0460. The molecule has 1 aromatic carbocycles. The van der Waals surface area contributed by atoms with Gasteiger partial charge in [-0.05, 0) is 31.9 Å². The summed E-state index contributed by atoms with van der Waals surface area (Å²) in [4.78, 5) is 14.5. The van der Waals surface area contributed by atoms with Crippen LogP contribution < -0.4 is 4.90 Å². The highest BCUT2D eigenvalue weighted by atomic mass is 32.2. The van der Waals surface area contributed by atoms with Gasteiger partial charge in [0, 0.05) is 31.2 Å². The fourth-order valence-corrected chi connectivity index (χ4v) is 3.98. The van der Waals surface area contributed by atoms with Crippen LogP contribution in [0.1, 0.15) is 19.8 Å². The third-order valence-corrected chi connectivity index (χ3v) is 6.09. The predicted octanol–water partition coefficient (Wildman–Crippen LogP) is 2.27. The smallest absolute Gasteiger partial charge is 0.230 e. The van der Waals surface area contributed by atoms with Gasteiger partial charge >= 0.3 is 0 Å². The third kappa shape index (κ3) is 4.20. The number of piperidine rings is 1. The number of hydrogen-bond acceptors (Lipinski definition) is 3. The van der Waals surface area contributed by atoms with Gasteiger partial charge in [-0.1, -0.05) is 24.3 Å². The van der Waals surface area contributed by atoms with Crippen LogP contribution in [0.3, 0.4) is 0 Å². The van der Waals surface area contributed by atoms with Crippen LogP contribution in [0.4, 0.5) is 5.69 Å². The van der Waals surface area contributed by atoms with E-state index in [0.717, 1.165) is 5.69 Å². The molecule has 0 aliphatic carbocycles. The Kier molecular flexibility index (Phi) is 5.96. The van der Waals surface area contributed by atoms with Crippen LogP contribution in [0, 0.1) is 5.92 Å². The molecule has 2 rings (SSSR count). The van der Waals surface area contributed by atoms with Crippen LogP contribution in [-0.2, 0) is 14.8 Å². The van der Waals surface area contributed by atoms with E-state index in [1.807, 2.05) is 30.3 Å². The average Bonchev–Trinajstić information content (AvgIpc) is 2.60. The molecule has 1 amide bonds. The van der Waals surface area contributed by atoms with Gasteiger partial charge in [0.2, 0.25) is 15.9 Å². The first-order chi connectivity index (χ1) is 11.0. The molecule has 6 heteroatoms. The van der Waals surface area contributed by atoms with E-state index < -0.39 is 10.0 Å². The lowest BCUT2D eigenvalue weighted by Gasteiger charge is -2.33. The molecular weight excluding hydrogens is 312 g/mol. The monoisotopic (exact) mass is 336 g/mol. The average molecular weight is 336 g/mol. The second-order valence-electron chi connectivity index (χ2n) is 5.65. The Balaban J connectivity index is 2.07. The molecule has 1 fully saturated rings. The van der Waals surface area contributed by atoms with Gasteiger partial charge in [0.05, 0.1) is 5.75 Å². The summed E-state index contributed by atoms with van der Waals surface area (Å²) in [5.41, 5.74) is 0.848. The van der Waals surface area contributed by atoms with E-state index in [4.69, 9.17) is 0 Å². The van der Waals surface area contributed by atoms with E-state index in [1.165, 1.54) is 4.31 Å². The highest BCUT2D eigenvalue weighted by Crippen LogP contribution is 2.24. The molecule has 23 heavy (non-hydrogen) atoms. The van der Waals surface area contributed by atoms with Crippen molar-refractivity contribution in [2.45, 2.75) is 19.8 Å². The van der Waals surface area contributed by atoms with Crippen molar-refractivity contribution in [3.05, 3.63) is 43.0 Å². The number of anilines is 1. The van der Waals surface area contributed by atoms with Crippen molar-refractivity contribution in [3.63, 3.8) is 0 Å². The van der Waals surface area contributed by atoms with E-state index in [2.05, 4.69) is 6.58 Å². The second-order valence-corrected chi connectivity index (χ2v) is 7.90. The van der Waals surface area contributed by atoms with Gasteiger partial charge in [0.1, 0.15) is 0 Å². The van der Waals surface area contributed by atoms with Gasteiger partial charge in [-0.2, -0.15) is 0 Å². The summed E-state index contributed by atoms with van der Waals surface area (Å²) in [5, 5.41) is 0. The van der Waals surface area contributed by atoms with Crippen LogP contribution in [0.15, 0.2) is 43.0 Å². The number of nitrogens with zero attached hydrogens (tertiary/aromatic N) is 2. The highest BCUT2D eigenvalue weighted by Gasteiger charge is 2.32. The zero-order valence-electron chi connectivity index (χ0n) is 13.5. The van der Waals surface area contributed by atoms with Crippen molar-refractivity contribution in [1.29, 1.82) is 0 Å². The Morgan fingerprint density at radius 3 is 2.43 bits per heavy atom. The summed E-state index contributed by atoms with van der Waals surface area (Å²) in [5.74, 6) is 0.0150. The fourth-order valence-electron chi connectivity index (χ4n) is 2.84. The molecule has 0 atom stereocenters. The van der Waals surface area contributed by atoms with E-state index in [9.17, 15) is 13.2 Å². The fraction of sp³-hybridized carbons (Fsp3) is 0.471. The maximum atomic E-state index is 12.8. The summed E-state index contributed by atoms with van der Waals surface area (Å²) < 4.78 is 25.3. The molecule has 1 aliphatic heterocycles. The molecule has 0 spiro atoms. The van der Waals surface area contributed by atoms with Gasteiger partial charge in [-0.3, -0.25) is 4.79 Å². The molecule has 0 N–H and O–H groups in total. The van der Waals surface area contributed by atoms with Crippen molar-refractivity contribution in [2.24, 2.45) is 5.92 Å². The summed E-state index contributed by atoms with van der Waals surface area (Å²) in [7, 11) is -3.16. The van der Waals surface area contributed by atoms with Crippen molar-refractivity contribution in [1.82, 2.24) is 4.31 Å². The van der Waals surface area contributed by atoms with Crippen molar-refractivity contribution in [3.8, 4) is 0 Å². The third-order valence-electron chi connectivity index (χ3n) is 4.21. The normalized spacial score (nSPS) is 16.9. The Morgan fingerprint density at radius 1 is 1.30 bits per heavy atom. The number of sulfonamides is 1. The zero-order chi connectivity index (χ0) is 16.9. The number of carbonyl (C=O) groups is 1. The van der Waals surface area contributed by atoms with Crippen LogP contribution in [-0.4, -0.2) is 44.0 Å². The van der Waals surface area contributed by atoms with Crippen LogP contribution in [0.5, 0.6) is 0 Å². The SMILES string of the molecule is C=CCN(C(=O)C1CCN(S(=O)(=O)CC)CC1)c1ccccc1. The number of amides is 1. The molecule has 1 aromatic rings. The van der Waals surface area contributed by atoms with Gasteiger partial charge in [-0.25, -0.2) is 12.7 Å². The lowest BCUT2D eigenvalue weighted by atomic mass is 9.96. The van der Waals surface area contributed by atoms with Crippen molar-refractivity contribution in [2.75, 3.05) is 30.3 Å². The molecule has 0 saturated carbocycles. The summed E-state index contributed by atoms with van der Waals surface area (Å²) >= 11 is 0. The summed E-state index contributed by atoms with van der Waals surface area (Å²) in [6.45, 7) is 6.67. The number of rotatable bonds is 6. The first-order valence-corrected chi connectivity index (χ1v) is 9.55. The van der Waals surface area contributed by atoms with Crippen LogP contribution in [0.25, 0.3) is 0 Å². The van der Waals surface area contributed by atoms with Crippen LogP contribution in [0.2, 0.25) is 0 Å². The minimum Gasteiger partial charge on any atom is -0.308 e. The summed E-state index contributed by atoms with van der Waals surface area (Å²) in [6.07, 6.45) is 2.85. The van der Waals surface area contributed by atoms with Gasteiger partial charge in [-0.15, -0.1) is 6.58 Å². The molecule has 1 heterocycles. The molecule has 1 aliphatic rings. The molecule has 0 aromatic heterocycles. The quantitative estimate of drug-likeness (QED) is 0.749. The lowest BCUT2D eigenvalue weighted by molar-refractivity contribution is -0.123. The maximum absolute atomic E-state index is 12.8. The standard InChI is InChI=1S/C17H24N2O3S/c1-3-12-19(16-8-6-5-7-9-16)17(20)15-10-13-18(14-11-15)23(21,22)4-2/h3,5-9,15H,1,4,10-14H2,2H3. The number of para-hydroxylation sites is 1. The van der Waals surface area contributed by atoms with Gasteiger partial charge in [0.15, 0.2) is 0 Å². The molecule has 1 saturated heterocycles. The topological polar surface area (TPSA) is 57.7 Å². The van der Waals surface area contributed by atoms with Crippen molar-refractivity contribution >= 4 is 21.6 Å².